The molecule has 0 atom stereocenters. The first-order chi connectivity index (χ1) is 10.5. The molecule has 0 saturated carbocycles. The molecule has 2 aromatic rings. The number of fused-ring (bicyclic) bond motifs is 1. The van der Waals surface area contributed by atoms with Crippen molar-refractivity contribution in [1.29, 1.82) is 0 Å². The molecule has 5 nitrogen and oxygen atoms in total. The predicted octanol–water partition coefficient (Wildman–Crippen LogP) is 1.92. The fourth-order valence-corrected chi connectivity index (χ4v) is 3.73. The van der Waals surface area contributed by atoms with E-state index in [1.807, 2.05) is 12.1 Å². The van der Waals surface area contributed by atoms with Gasteiger partial charge in [-0.15, -0.1) is 11.3 Å². The summed E-state index contributed by atoms with van der Waals surface area (Å²) in [6.45, 7) is 9.75. The normalized spacial score (nSPS) is 17.4. The molecule has 1 fully saturated rings. The van der Waals surface area contributed by atoms with Crippen molar-refractivity contribution in [3.8, 4) is 0 Å². The molecule has 0 spiro atoms. The van der Waals surface area contributed by atoms with E-state index < -0.39 is 0 Å². The van der Waals surface area contributed by atoms with E-state index in [-0.39, 0.29) is 5.91 Å². The van der Waals surface area contributed by atoms with Gasteiger partial charge in [0.25, 0.3) is 5.91 Å². The van der Waals surface area contributed by atoms with Crippen LogP contribution in [0.2, 0.25) is 0 Å². The highest BCUT2D eigenvalue weighted by Crippen LogP contribution is 2.24. The highest BCUT2D eigenvalue weighted by molar-refractivity contribution is 7.20. The molecule has 118 valence electrons. The number of amides is 1. The fraction of sp³-hybridized carbons (Fsp3) is 0.500. The minimum absolute atomic E-state index is 0.380. The summed E-state index contributed by atoms with van der Waals surface area (Å²) >= 11 is 1.37. The smallest absolute Gasteiger partial charge is 0.258 e. The number of aromatic nitrogens is 1. The van der Waals surface area contributed by atoms with Gasteiger partial charge in [0, 0.05) is 44.2 Å². The van der Waals surface area contributed by atoms with Gasteiger partial charge in [0.2, 0.25) is 0 Å². The molecule has 0 bridgehead atoms. The Morgan fingerprint density at radius 2 is 2.05 bits per heavy atom. The fourth-order valence-electron chi connectivity index (χ4n) is 2.83. The Hall–Kier alpha value is -1.50. The third-order valence-corrected chi connectivity index (χ3v) is 5.27. The van der Waals surface area contributed by atoms with Crippen molar-refractivity contribution in [2.24, 2.45) is 5.73 Å². The zero-order valence-corrected chi connectivity index (χ0v) is 13.9. The second kappa shape index (κ2) is 6.32. The van der Waals surface area contributed by atoms with Crippen LogP contribution in [0.25, 0.3) is 10.2 Å². The van der Waals surface area contributed by atoms with Crippen molar-refractivity contribution in [2.45, 2.75) is 26.4 Å². The average Bonchev–Trinajstić information content (AvgIpc) is 2.91. The molecule has 1 aliphatic heterocycles. The highest BCUT2D eigenvalue weighted by atomic mass is 32.1. The number of primary amides is 1. The number of carbonyl (C=O) groups excluding carboxylic acids is 1. The molecule has 6 heteroatoms. The van der Waals surface area contributed by atoms with Gasteiger partial charge in [-0.3, -0.25) is 14.6 Å². The molecule has 0 unspecified atom stereocenters. The number of rotatable bonds is 4. The summed E-state index contributed by atoms with van der Waals surface area (Å²) in [5.41, 5.74) is 6.39. The molecular formula is C16H22N4OS. The van der Waals surface area contributed by atoms with Crippen molar-refractivity contribution in [3.05, 3.63) is 28.8 Å². The van der Waals surface area contributed by atoms with Crippen LogP contribution in [0, 0.1) is 0 Å². The van der Waals surface area contributed by atoms with Crippen LogP contribution in [0.4, 0.5) is 0 Å². The topological polar surface area (TPSA) is 62.5 Å². The van der Waals surface area contributed by atoms with Crippen LogP contribution in [-0.4, -0.2) is 52.9 Å². The molecular weight excluding hydrogens is 296 g/mol. The van der Waals surface area contributed by atoms with Crippen LogP contribution in [0.1, 0.15) is 29.2 Å². The molecule has 0 aromatic carbocycles. The van der Waals surface area contributed by atoms with Gasteiger partial charge in [0.05, 0.1) is 10.6 Å². The van der Waals surface area contributed by atoms with Crippen molar-refractivity contribution >= 4 is 27.5 Å². The van der Waals surface area contributed by atoms with E-state index in [0.29, 0.717) is 10.9 Å². The first-order valence-corrected chi connectivity index (χ1v) is 8.50. The Kier molecular flexibility index (Phi) is 4.42. The lowest BCUT2D eigenvalue weighted by Gasteiger charge is -2.36. The molecule has 22 heavy (non-hydrogen) atoms. The van der Waals surface area contributed by atoms with E-state index in [2.05, 4.69) is 34.7 Å². The van der Waals surface area contributed by atoms with Crippen LogP contribution in [-0.2, 0) is 6.54 Å². The SMILES string of the molecule is CC(C)N1CCN(Cc2ccc3cc(C(N)=O)sc3n2)CC1. The molecule has 2 N–H and O–H groups in total. The van der Waals surface area contributed by atoms with E-state index in [0.717, 1.165) is 48.6 Å². The van der Waals surface area contributed by atoms with Gasteiger partial charge in [-0.2, -0.15) is 0 Å². The summed E-state index contributed by atoms with van der Waals surface area (Å²) in [5.74, 6) is -0.380. The standard InChI is InChI=1S/C16H22N4OS/c1-11(2)20-7-5-19(6-8-20)10-13-4-3-12-9-14(15(17)21)22-16(12)18-13/h3-4,9,11H,5-8,10H2,1-2H3,(H2,17,21). The third-order valence-electron chi connectivity index (χ3n) is 4.21. The second-order valence-electron chi connectivity index (χ2n) is 6.08. The number of carbonyl (C=O) groups is 1. The maximum absolute atomic E-state index is 11.3. The summed E-state index contributed by atoms with van der Waals surface area (Å²) in [4.78, 5) is 22.3. The van der Waals surface area contributed by atoms with Gasteiger partial charge in [0.15, 0.2) is 0 Å². The maximum Gasteiger partial charge on any atom is 0.258 e. The number of thiophene rings is 1. The Labute approximate surface area is 134 Å². The summed E-state index contributed by atoms with van der Waals surface area (Å²) in [6, 6.07) is 6.52. The monoisotopic (exact) mass is 318 g/mol. The minimum Gasteiger partial charge on any atom is -0.365 e. The molecule has 1 amide bonds. The lowest BCUT2D eigenvalue weighted by atomic mass is 10.2. The average molecular weight is 318 g/mol. The summed E-state index contributed by atoms with van der Waals surface area (Å²) < 4.78 is 0. The second-order valence-corrected chi connectivity index (χ2v) is 7.11. The van der Waals surface area contributed by atoms with Gasteiger partial charge < -0.3 is 5.73 Å². The summed E-state index contributed by atoms with van der Waals surface area (Å²) in [6.07, 6.45) is 0. The number of nitrogens with zero attached hydrogens (tertiary/aromatic N) is 3. The van der Waals surface area contributed by atoms with E-state index in [4.69, 9.17) is 5.73 Å². The largest absolute Gasteiger partial charge is 0.365 e. The zero-order chi connectivity index (χ0) is 15.7. The maximum atomic E-state index is 11.3. The van der Waals surface area contributed by atoms with E-state index in [1.165, 1.54) is 11.3 Å². The highest BCUT2D eigenvalue weighted by Gasteiger charge is 2.19. The van der Waals surface area contributed by atoms with Crippen molar-refractivity contribution in [2.75, 3.05) is 26.2 Å². The predicted molar refractivity (Wildman–Crippen MR) is 90.1 cm³/mol. The Morgan fingerprint density at radius 1 is 1.32 bits per heavy atom. The van der Waals surface area contributed by atoms with Crippen molar-refractivity contribution in [3.63, 3.8) is 0 Å². The van der Waals surface area contributed by atoms with Gasteiger partial charge in [-0.1, -0.05) is 6.07 Å². The zero-order valence-electron chi connectivity index (χ0n) is 13.1. The molecule has 2 aromatic heterocycles. The summed E-state index contributed by atoms with van der Waals surface area (Å²) in [7, 11) is 0. The molecule has 0 aliphatic carbocycles. The molecule has 1 aliphatic rings. The van der Waals surface area contributed by atoms with Crippen molar-refractivity contribution < 1.29 is 4.79 Å². The van der Waals surface area contributed by atoms with Gasteiger partial charge in [-0.05, 0) is 26.0 Å². The van der Waals surface area contributed by atoms with Gasteiger partial charge in [-0.25, -0.2) is 4.98 Å². The Morgan fingerprint density at radius 3 is 2.68 bits per heavy atom. The molecule has 1 saturated heterocycles. The first-order valence-electron chi connectivity index (χ1n) is 7.68. The van der Waals surface area contributed by atoms with Gasteiger partial charge >= 0.3 is 0 Å². The number of nitrogens with two attached hydrogens (primary N) is 1. The Balaban J connectivity index is 1.68. The molecule has 3 rings (SSSR count). The molecule has 0 radical (unpaired) electrons. The minimum atomic E-state index is -0.380. The number of pyridine rings is 1. The van der Waals surface area contributed by atoms with E-state index in [1.54, 1.807) is 0 Å². The Bertz CT molecular complexity index is 674. The van der Waals surface area contributed by atoms with E-state index >= 15 is 0 Å². The van der Waals surface area contributed by atoms with Crippen molar-refractivity contribution in [1.82, 2.24) is 14.8 Å². The van der Waals surface area contributed by atoms with Crippen LogP contribution < -0.4 is 5.73 Å². The quantitative estimate of drug-likeness (QED) is 0.935. The van der Waals surface area contributed by atoms with Crippen LogP contribution >= 0.6 is 11.3 Å². The van der Waals surface area contributed by atoms with Crippen LogP contribution in [0.5, 0.6) is 0 Å². The van der Waals surface area contributed by atoms with E-state index in [9.17, 15) is 4.79 Å². The number of hydrogen-bond donors (Lipinski definition) is 1. The number of hydrogen-bond acceptors (Lipinski definition) is 5. The van der Waals surface area contributed by atoms with Crippen LogP contribution in [0.3, 0.4) is 0 Å². The first kappa shape index (κ1) is 15.4. The van der Waals surface area contributed by atoms with Crippen LogP contribution in [0.15, 0.2) is 18.2 Å². The van der Waals surface area contributed by atoms with Gasteiger partial charge in [0.1, 0.15) is 4.83 Å². The lowest BCUT2D eigenvalue weighted by Crippen LogP contribution is -2.48. The third kappa shape index (κ3) is 3.29. The lowest BCUT2D eigenvalue weighted by molar-refractivity contribution is 0.100. The summed E-state index contributed by atoms with van der Waals surface area (Å²) in [5, 5.41) is 0.993. The molecule has 3 heterocycles. The number of piperazine rings is 1.